The summed E-state index contributed by atoms with van der Waals surface area (Å²) in [7, 11) is 0. The van der Waals surface area contributed by atoms with Crippen molar-refractivity contribution in [2.75, 3.05) is 13.1 Å². The molecule has 1 aromatic heterocycles. The fourth-order valence-corrected chi connectivity index (χ4v) is 3.19. The number of Topliss-reactive ketones (excluding diaryl/α,β-unsaturated/α-hetero) is 1. The van der Waals surface area contributed by atoms with E-state index in [1.165, 1.54) is 19.3 Å². The number of fused-ring (bicyclic) bond motifs is 1. The molecule has 1 aromatic carbocycles. The number of hydrogen-bond acceptors (Lipinski definition) is 3. The Morgan fingerprint density at radius 3 is 3.05 bits per heavy atom. The zero-order valence-corrected chi connectivity index (χ0v) is 12.0. The highest BCUT2D eigenvalue weighted by Crippen LogP contribution is 2.23. The molecule has 0 N–H and O–H groups in total. The van der Waals surface area contributed by atoms with Crippen LogP contribution in [0.25, 0.3) is 11.0 Å². The molecular weight excluding hydrogens is 250 g/mol. The van der Waals surface area contributed by atoms with Crippen molar-refractivity contribution < 1.29 is 9.21 Å². The van der Waals surface area contributed by atoms with E-state index in [-0.39, 0.29) is 5.78 Å². The molecule has 1 aliphatic heterocycles. The van der Waals surface area contributed by atoms with Crippen molar-refractivity contribution in [3.05, 3.63) is 36.1 Å². The Balaban J connectivity index is 1.78. The minimum absolute atomic E-state index is 0.176. The summed E-state index contributed by atoms with van der Waals surface area (Å²) in [4.78, 5) is 14.9. The highest BCUT2D eigenvalue weighted by Gasteiger charge is 2.24. The van der Waals surface area contributed by atoms with Gasteiger partial charge in [0.25, 0.3) is 0 Å². The summed E-state index contributed by atoms with van der Waals surface area (Å²) in [5, 5.41) is 0.933. The van der Waals surface area contributed by atoms with Crippen molar-refractivity contribution in [2.45, 2.75) is 38.6 Å². The predicted molar refractivity (Wildman–Crippen MR) is 80.0 cm³/mol. The minimum Gasteiger partial charge on any atom is -0.464 e. The predicted octanol–water partition coefficient (Wildman–Crippen LogP) is 3.88. The molecule has 3 rings (SSSR count). The number of benzene rings is 1. The van der Waals surface area contributed by atoms with Gasteiger partial charge in [0, 0.05) is 11.4 Å². The van der Waals surface area contributed by atoms with Crippen LogP contribution in [-0.4, -0.2) is 29.8 Å². The monoisotopic (exact) mass is 271 g/mol. The molecule has 1 aliphatic rings. The lowest BCUT2D eigenvalue weighted by molar-refractivity contribution is 0.0839. The lowest BCUT2D eigenvalue weighted by Gasteiger charge is -2.34. The van der Waals surface area contributed by atoms with E-state index in [9.17, 15) is 4.79 Å². The van der Waals surface area contributed by atoms with Crippen molar-refractivity contribution in [3.8, 4) is 0 Å². The number of rotatable bonds is 4. The summed E-state index contributed by atoms with van der Waals surface area (Å²) in [6.45, 7) is 3.77. The Kier molecular flexibility index (Phi) is 3.88. The minimum atomic E-state index is 0.176. The molecule has 3 nitrogen and oxygen atoms in total. The highest BCUT2D eigenvalue weighted by molar-refractivity contribution is 6.08. The largest absolute Gasteiger partial charge is 0.464 e. The standard InChI is InChI=1S/C17H21NO2/c1-2-13-7-5-6-10-18(13)11-16(19)15-12-20-17-9-4-3-8-14(15)17/h3-4,8-9,12-13H,2,5-7,10-11H2,1H3. The number of hydrogen-bond donors (Lipinski definition) is 0. The Bertz CT molecular complexity index is 602. The molecule has 0 amide bonds. The van der Waals surface area contributed by atoms with E-state index in [2.05, 4.69) is 11.8 Å². The van der Waals surface area contributed by atoms with Crippen LogP contribution < -0.4 is 0 Å². The zero-order valence-electron chi connectivity index (χ0n) is 12.0. The normalized spacial score (nSPS) is 20.4. The third kappa shape index (κ3) is 2.50. The maximum Gasteiger partial charge on any atom is 0.180 e. The number of carbonyl (C=O) groups excluding carboxylic acids is 1. The van der Waals surface area contributed by atoms with Crippen molar-refractivity contribution in [1.82, 2.24) is 4.90 Å². The van der Waals surface area contributed by atoms with Gasteiger partial charge in [0.15, 0.2) is 5.78 Å². The van der Waals surface area contributed by atoms with Crippen LogP contribution in [0.1, 0.15) is 43.0 Å². The first-order valence-electron chi connectivity index (χ1n) is 7.53. The van der Waals surface area contributed by atoms with Gasteiger partial charge in [-0.2, -0.15) is 0 Å². The van der Waals surface area contributed by atoms with Crippen LogP contribution in [0.3, 0.4) is 0 Å². The second-order valence-electron chi connectivity index (χ2n) is 5.60. The molecule has 0 aliphatic carbocycles. The Morgan fingerprint density at radius 1 is 1.35 bits per heavy atom. The lowest BCUT2D eigenvalue weighted by atomic mass is 9.99. The average molecular weight is 271 g/mol. The Labute approximate surface area is 119 Å². The molecule has 0 radical (unpaired) electrons. The summed E-state index contributed by atoms with van der Waals surface area (Å²) in [6.07, 6.45) is 6.45. The quantitative estimate of drug-likeness (QED) is 0.791. The summed E-state index contributed by atoms with van der Waals surface area (Å²) >= 11 is 0. The zero-order chi connectivity index (χ0) is 13.9. The number of piperidine rings is 1. The second-order valence-corrected chi connectivity index (χ2v) is 5.60. The van der Waals surface area contributed by atoms with E-state index >= 15 is 0 Å². The third-order valence-electron chi connectivity index (χ3n) is 4.35. The van der Waals surface area contributed by atoms with Crippen LogP contribution >= 0.6 is 0 Å². The molecule has 0 bridgehead atoms. The molecule has 0 saturated carbocycles. The van der Waals surface area contributed by atoms with Gasteiger partial charge in [0.2, 0.25) is 0 Å². The van der Waals surface area contributed by atoms with E-state index in [1.54, 1.807) is 6.26 Å². The van der Waals surface area contributed by atoms with E-state index in [0.29, 0.717) is 12.6 Å². The number of ketones is 1. The van der Waals surface area contributed by atoms with Crippen LogP contribution in [0.5, 0.6) is 0 Å². The van der Waals surface area contributed by atoms with Crippen LogP contribution in [0.15, 0.2) is 34.9 Å². The van der Waals surface area contributed by atoms with Crippen LogP contribution in [0.4, 0.5) is 0 Å². The van der Waals surface area contributed by atoms with Gasteiger partial charge in [-0.15, -0.1) is 0 Å². The fourth-order valence-electron chi connectivity index (χ4n) is 3.19. The van der Waals surface area contributed by atoms with Gasteiger partial charge >= 0.3 is 0 Å². The molecule has 1 fully saturated rings. The average Bonchev–Trinajstić information content (AvgIpc) is 2.92. The molecule has 106 valence electrons. The lowest BCUT2D eigenvalue weighted by Crippen LogP contribution is -2.42. The van der Waals surface area contributed by atoms with Crippen molar-refractivity contribution in [3.63, 3.8) is 0 Å². The molecule has 1 atom stereocenters. The van der Waals surface area contributed by atoms with E-state index in [1.807, 2.05) is 24.3 Å². The van der Waals surface area contributed by atoms with Crippen LogP contribution in [0.2, 0.25) is 0 Å². The highest BCUT2D eigenvalue weighted by atomic mass is 16.3. The number of para-hydroxylation sites is 1. The molecular formula is C17H21NO2. The molecule has 0 spiro atoms. The summed E-state index contributed by atoms with van der Waals surface area (Å²) < 4.78 is 5.47. The number of likely N-dealkylation sites (tertiary alicyclic amines) is 1. The molecule has 1 unspecified atom stereocenters. The molecule has 20 heavy (non-hydrogen) atoms. The topological polar surface area (TPSA) is 33.5 Å². The van der Waals surface area contributed by atoms with Crippen molar-refractivity contribution >= 4 is 16.8 Å². The van der Waals surface area contributed by atoms with Gasteiger partial charge in [0.05, 0.1) is 12.1 Å². The van der Waals surface area contributed by atoms with Crippen LogP contribution in [-0.2, 0) is 0 Å². The Morgan fingerprint density at radius 2 is 2.20 bits per heavy atom. The first-order chi connectivity index (χ1) is 9.79. The van der Waals surface area contributed by atoms with Crippen LogP contribution in [0, 0.1) is 0 Å². The van der Waals surface area contributed by atoms with E-state index < -0.39 is 0 Å². The van der Waals surface area contributed by atoms with Gasteiger partial charge in [-0.05, 0) is 31.9 Å². The van der Waals surface area contributed by atoms with E-state index in [0.717, 1.165) is 29.5 Å². The van der Waals surface area contributed by atoms with Gasteiger partial charge in [-0.3, -0.25) is 9.69 Å². The SMILES string of the molecule is CCC1CCCCN1CC(=O)c1coc2ccccc12. The summed E-state index contributed by atoms with van der Waals surface area (Å²) in [5.41, 5.74) is 1.52. The fraction of sp³-hybridized carbons (Fsp3) is 0.471. The van der Waals surface area contributed by atoms with E-state index in [4.69, 9.17) is 4.42 Å². The van der Waals surface area contributed by atoms with Gasteiger partial charge in [-0.1, -0.05) is 31.5 Å². The molecule has 3 heteroatoms. The summed E-state index contributed by atoms with van der Waals surface area (Å²) in [6, 6.07) is 8.30. The maximum atomic E-state index is 12.5. The van der Waals surface area contributed by atoms with Gasteiger partial charge in [-0.25, -0.2) is 0 Å². The van der Waals surface area contributed by atoms with Gasteiger partial charge in [0.1, 0.15) is 11.8 Å². The molecule has 1 saturated heterocycles. The van der Waals surface area contributed by atoms with Gasteiger partial charge < -0.3 is 4.42 Å². The Hall–Kier alpha value is -1.61. The number of furan rings is 1. The smallest absolute Gasteiger partial charge is 0.180 e. The molecule has 2 heterocycles. The number of carbonyl (C=O) groups is 1. The maximum absolute atomic E-state index is 12.5. The third-order valence-corrected chi connectivity index (χ3v) is 4.35. The summed E-state index contributed by atoms with van der Waals surface area (Å²) in [5.74, 6) is 0.176. The first-order valence-corrected chi connectivity index (χ1v) is 7.53. The second kappa shape index (κ2) is 5.80. The van der Waals surface area contributed by atoms with Crippen molar-refractivity contribution in [2.24, 2.45) is 0 Å². The number of nitrogens with zero attached hydrogens (tertiary/aromatic N) is 1. The first kappa shape index (κ1) is 13.4. The molecule has 2 aromatic rings. The van der Waals surface area contributed by atoms with Crippen molar-refractivity contribution in [1.29, 1.82) is 0 Å².